The summed E-state index contributed by atoms with van der Waals surface area (Å²) in [6, 6.07) is 5.80. The maximum Gasteiger partial charge on any atom is 0.138 e. The van der Waals surface area contributed by atoms with Crippen LogP contribution in [0, 0.1) is 6.92 Å². The average molecular weight is 257 g/mol. The molecule has 5 heteroatoms. The lowest BCUT2D eigenvalue weighted by molar-refractivity contribution is 1.00. The van der Waals surface area contributed by atoms with Gasteiger partial charge >= 0.3 is 0 Å². The molecule has 0 saturated heterocycles. The summed E-state index contributed by atoms with van der Waals surface area (Å²) in [7, 11) is 0. The molecular weight excluding hydrogens is 248 g/mol. The highest BCUT2D eigenvalue weighted by atomic mass is 35.5. The Morgan fingerprint density at radius 1 is 1.40 bits per heavy atom. The Morgan fingerprint density at radius 3 is 2.80 bits per heavy atom. The van der Waals surface area contributed by atoms with Crippen molar-refractivity contribution in [3.8, 4) is 10.6 Å². The van der Waals surface area contributed by atoms with E-state index in [4.69, 9.17) is 11.6 Å². The molecule has 0 aliphatic rings. The highest BCUT2D eigenvalue weighted by molar-refractivity contribution is 7.79. The van der Waals surface area contributed by atoms with E-state index in [9.17, 15) is 0 Å². The first-order valence-corrected chi connectivity index (χ1v) is 6.23. The number of hydrogen-bond acceptors (Lipinski definition) is 4. The molecule has 0 radical (unpaired) electrons. The lowest BCUT2D eigenvalue weighted by atomic mass is 10.3. The Morgan fingerprint density at radius 2 is 2.20 bits per heavy atom. The monoisotopic (exact) mass is 256 g/mol. The molecule has 0 atom stereocenters. The molecule has 0 amide bonds. The van der Waals surface area contributed by atoms with Gasteiger partial charge in [0, 0.05) is 5.69 Å². The number of aromatic nitrogens is 2. The van der Waals surface area contributed by atoms with Gasteiger partial charge in [-0.3, -0.25) is 0 Å². The van der Waals surface area contributed by atoms with Crippen LogP contribution in [0.4, 0.5) is 0 Å². The van der Waals surface area contributed by atoms with Gasteiger partial charge in [-0.1, -0.05) is 11.6 Å². The molecule has 0 saturated carbocycles. The van der Waals surface area contributed by atoms with Gasteiger partial charge in [0.1, 0.15) is 5.82 Å². The Kier molecular flexibility index (Phi) is 3.29. The maximum atomic E-state index is 5.88. The van der Waals surface area contributed by atoms with E-state index in [1.54, 1.807) is 0 Å². The molecule has 0 aliphatic heterocycles. The zero-order valence-electron chi connectivity index (χ0n) is 8.07. The van der Waals surface area contributed by atoms with Crippen LogP contribution in [0.15, 0.2) is 18.2 Å². The van der Waals surface area contributed by atoms with Gasteiger partial charge in [-0.05, 0) is 25.1 Å². The normalized spacial score (nSPS) is 10.6. The fourth-order valence-corrected chi connectivity index (χ4v) is 2.42. The number of nitrogens with zero attached hydrogens (tertiary/aromatic N) is 2. The minimum atomic E-state index is 0.549. The summed E-state index contributed by atoms with van der Waals surface area (Å²) in [6.45, 7) is 1.95. The van der Waals surface area contributed by atoms with E-state index in [1.807, 2.05) is 25.1 Å². The van der Waals surface area contributed by atoms with Crippen LogP contribution < -0.4 is 0 Å². The number of thiol groups is 1. The molecular formula is C10H9ClN2S2. The van der Waals surface area contributed by atoms with Crippen LogP contribution in [-0.4, -0.2) is 9.97 Å². The van der Waals surface area contributed by atoms with Crippen molar-refractivity contribution in [3.63, 3.8) is 0 Å². The summed E-state index contributed by atoms with van der Waals surface area (Å²) in [5, 5.41) is 0. The molecule has 0 bridgehead atoms. The average Bonchev–Trinajstić information content (AvgIpc) is 2.64. The molecule has 0 aliphatic carbocycles. The number of rotatable bonds is 2. The predicted molar refractivity (Wildman–Crippen MR) is 67.8 cm³/mol. The van der Waals surface area contributed by atoms with E-state index in [2.05, 4.69) is 22.6 Å². The third-order valence-electron chi connectivity index (χ3n) is 1.87. The van der Waals surface area contributed by atoms with E-state index in [-0.39, 0.29) is 0 Å². The van der Waals surface area contributed by atoms with Gasteiger partial charge in [0.2, 0.25) is 0 Å². The molecule has 0 fully saturated rings. The van der Waals surface area contributed by atoms with E-state index in [0.29, 0.717) is 5.75 Å². The molecule has 0 spiro atoms. The third-order valence-corrected chi connectivity index (χ3v) is 3.40. The molecule has 2 rings (SSSR count). The van der Waals surface area contributed by atoms with E-state index < -0.39 is 0 Å². The van der Waals surface area contributed by atoms with Crippen LogP contribution in [0.25, 0.3) is 10.6 Å². The van der Waals surface area contributed by atoms with Crippen molar-refractivity contribution >= 4 is 35.6 Å². The van der Waals surface area contributed by atoms with Crippen LogP contribution in [0.3, 0.4) is 0 Å². The van der Waals surface area contributed by atoms with Crippen molar-refractivity contribution in [1.29, 1.82) is 0 Å². The predicted octanol–water partition coefficient (Wildman–Crippen LogP) is 3.60. The van der Waals surface area contributed by atoms with Crippen LogP contribution >= 0.6 is 35.6 Å². The summed E-state index contributed by atoms with van der Waals surface area (Å²) in [6.07, 6.45) is 0. The van der Waals surface area contributed by atoms with E-state index in [0.717, 1.165) is 26.4 Å². The van der Waals surface area contributed by atoms with E-state index >= 15 is 0 Å². The zero-order valence-corrected chi connectivity index (χ0v) is 10.5. The lowest BCUT2D eigenvalue weighted by Crippen LogP contribution is -1.95. The Hall–Kier alpha value is -0.580. The topological polar surface area (TPSA) is 25.8 Å². The summed E-state index contributed by atoms with van der Waals surface area (Å²) >= 11 is 11.6. The van der Waals surface area contributed by atoms with Gasteiger partial charge in [0.05, 0.1) is 20.7 Å². The fourth-order valence-electron chi connectivity index (χ4n) is 1.28. The maximum absolute atomic E-state index is 5.88. The molecule has 0 unspecified atom stereocenters. The van der Waals surface area contributed by atoms with Crippen molar-refractivity contribution in [1.82, 2.24) is 9.97 Å². The van der Waals surface area contributed by atoms with Gasteiger partial charge in [0.25, 0.3) is 0 Å². The molecule has 15 heavy (non-hydrogen) atoms. The zero-order chi connectivity index (χ0) is 10.8. The van der Waals surface area contributed by atoms with Crippen LogP contribution in [0.2, 0.25) is 4.34 Å². The number of halogens is 1. The first-order chi connectivity index (χ1) is 7.19. The van der Waals surface area contributed by atoms with Crippen LogP contribution in [0.5, 0.6) is 0 Å². The van der Waals surface area contributed by atoms with Gasteiger partial charge in [-0.25, -0.2) is 9.97 Å². The Bertz CT molecular complexity index is 482. The van der Waals surface area contributed by atoms with Gasteiger partial charge in [-0.15, -0.1) is 11.3 Å². The van der Waals surface area contributed by atoms with Gasteiger partial charge in [0.15, 0.2) is 0 Å². The number of hydrogen-bond donors (Lipinski definition) is 1. The quantitative estimate of drug-likeness (QED) is 0.831. The fraction of sp³-hybridized carbons (Fsp3) is 0.200. The molecule has 2 aromatic heterocycles. The molecule has 2 nitrogen and oxygen atoms in total. The minimum Gasteiger partial charge on any atom is -0.237 e. The molecule has 2 heterocycles. The largest absolute Gasteiger partial charge is 0.237 e. The highest BCUT2D eigenvalue weighted by Crippen LogP contribution is 2.30. The summed E-state index contributed by atoms with van der Waals surface area (Å²) in [5.41, 5.74) is 1.87. The molecule has 0 N–H and O–H groups in total. The second-order valence-corrected chi connectivity index (χ2v) is 5.10. The van der Waals surface area contributed by atoms with E-state index in [1.165, 1.54) is 11.3 Å². The molecule has 2 aromatic rings. The Labute approximate surface area is 103 Å². The number of thiophene rings is 1. The van der Waals surface area contributed by atoms with Crippen LogP contribution in [-0.2, 0) is 5.75 Å². The summed E-state index contributed by atoms with van der Waals surface area (Å²) in [4.78, 5) is 9.73. The Balaban J connectivity index is 2.48. The van der Waals surface area contributed by atoms with Crippen molar-refractivity contribution in [2.24, 2.45) is 0 Å². The first-order valence-electron chi connectivity index (χ1n) is 4.40. The van der Waals surface area contributed by atoms with Crippen LogP contribution in [0.1, 0.15) is 11.5 Å². The molecule has 78 valence electrons. The molecule has 0 aromatic carbocycles. The van der Waals surface area contributed by atoms with Crippen molar-refractivity contribution in [2.75, 3.05) is 0 Å². The number of aryl methyl sites for hydroxylation is 1. The van der Waals surface area contributed by atoms with Gasteiger partial charge < -0.3 is 0 Å². The SMILES string of the molecule is Cc1cc(-c2ccc(Cl)s2)nc(CS)n1. The summed E-state index contributed by atoms with van der Waals surface area (Å²) < 4.78 is 0.772. The van der Waals surface area contributed by atoms with Crippen molar-refractivity contribution < 1.29 is 0 Å². The summed E-state index contributed by atoms with van der Waals surface area (Å²) in [5.74, 6) is 1.30. The van der Waals surface area contributed by atoms with Gasteiger partial charge in [-0.2, -0.15) is 12.6 Å². The van der Waals surface area contributed by atoms with Crippen molar-refractivity contribution in [3.05, 3.63) is 34.1 Å². The first kappa shape index (κ1) is 10.9. The lowest BCUT2D eigenvalue weighted by Gasteiger charge is -2.01. The standard InChI is InChI=1S/C10H9ClN2S2/c1-6-4-7(13-10(5-14)12-6)8-2-3-9(11)15-8/h2-4,14H,5H2,1H3. The second kappa shape index (κ2) is 4.51. The highest BCUT2D eigenvalue weighted by Gasteiger charge is 2.06. The second-order valence-electron chi connectivity index (χ2n) is 3.07. The smallest absolute Gasteiger partial charge is 0.138 e. The van der Waals surface area contributed by atoms with Crippen molar-refractivity contribution in [2.45, 2.75) is 12.7 Å². The third kappa shape index (κ3) is 2.51. The minimum absolute atomic E-state index is 0.549.